The van der Waals surface area contributed by atoms with E-state index in [1.54, 1.807) is 0 Å². The number of carbonyl (C=O) groups is 1. The molecule has 5 N–H and O–H groups in total. The van der Waals surface area contributed by atoms with Gasteiger partial charge in [-0.15, -0.1) is 12.4 Å². The predicted octanol–water partition coefficient (Wildman–Crippen LogP) is -0.0934. The molecule has 0 spiro atoms. The Bertz CT molecular complexity index is 97.6. The van der Waals surface area contributed by atoms with Gasteiger partial charge in [-0.25, -0.2) is 0 Å². The molecule has 0 aromatic heterocycles. The molecule has 10 heavy (non-hydrogen) atoms. The third kappa shape index (κ3) is 10.6. The monoisotopic (exact) mass is 168 g/mol. The second kappa shape index (κ2) is 6.80. The molecule has 0 bridgehead atoms. The van der Waals surface area contributed by atoms with Crippen molar-refractivity contribution >= 4 is 18.4 Å². The van der Waals surface area contributed by atoms with Crippen LogP contribution in [-0.2, 0) is 4.79 Å². The summed E-state index contributed by atoms with van der Waals surface area (Å²) in [6, 6.07) is 0. The van der Waals surface area contributed by atoms with Crippen molar-refractivity contribution in [2.75, 3.05) is 0 Å². The van der Waals surface area contributed by atoms with E-state index in [0.29, 0.717) is 12.8 Å². The molecule has 0 aromatic rings. The molecule has 0 saturated heterocycles. The highest BCUT2D eigenvalue weighted by Gasteiger charge is 1.97. The Hall–Kier alpha value is -0.320. The zero-order chi connectivity index (χ0) is 7.28. The minimum atomic E-state index is -0.796. The molecule has 0 atom stereocenters. The third-order valence-electron chi connectivity index (χ3n) is 0.928. The highest BCUT2D eigenvalue weighted by Crippen LogP contribution is 1.94. The number of nitrogens with two attached hydrogens (primary N) is 2. The Morgan fingerprint density at radius 1 is 1.50 bits per heavy atom. The molecule has 0 rings (SSSR count). The maximum atomic E-state index is 9.90. The summed E-state index contributed by atoms with van der Waals surface area (Å²) in [6.07, 6.45) is 0.925. The van der Waals surface area contributed by atoms with E-state index >= 15 is 0 Å². The second-order valence-corrected chi connectivity index (χ2v) is 1.95. The molecule has 0 fully saturated rings. The number of halogens is 1. The van der Waals surface area contributed by atoms with E-state index in [2.05, 4.69) is 0 Å². The van der Waals surface area contributed by atoms with Gasteiger partial charge in [0, 0.05) is 6.42 Å². The fourth-order valence-corrected chi connectivity index (χ4v) is 0.489. The van der Waals surface area contributed by atoms with Gasteiger partial charge in [-0.2, -0.15) is 0 Å². The summed E-state index contributed by atoms with van der Waals surface area (Å²) in [4.78, 5) is 9.90. The number of carboxylic acid groups (broad SMARTS) is 1. The lowest BCUT2D eigenvalue weighted by atomic mass is 10.2. The largest absolute Gasteiger partial charge is 0.481 e. The van der Waals surface area contributed by atoms with Gasteiger partial charge in [0.05, 0.1) is 6.17 Å². The summed E-state index contributed by atoms with van der Waals surface area (Å²) in [6.45, 7) is 0. The van der Waals surface area contributed by atoms with Crippen LogP contribution in [-0.4, -0.2) is 17.2 Å². The van der Waals surface area contributed by atoms with Gasteiger partial charge in [0.1, 0.15) is 0 Å². The van der Waals surface area contributed by atoms with Crippen molar-refractivity contribution in [3.05, 3.63) is 0 Å². The van der Waals surface area contributed by atoms with Crippen LogP contribution >= 0.6 is 12.4 Å². The third-order valence-corrected chi connectivity index (χ3v) is 0.928. The Kier molecular flexibility index (Phi) is 8.40. The molecule has 0 heterocycles. The predicted molar refractivity (Wildman–Crippen MR) is 40.9 cm³/mol. The molecule has 62 valence electrons. The SMILES string of the molecule is Cl.NC(N)CCCC(=O)O. The second-order valence-electron chi connectivity index (χ2n) is 1.95. The normalized spacial score (nSPS) is 9.10. The minimum absolute atomic E-state index is 0. The van der Waals surface area contributed by atoms with Gasteiger partial charge >= 0.3 is 5.97 Å². The van der Waals surface area contributed by atoms with E-state index in [4.69, 9.17) is 16.6 Å². The summed E-state index contributed by atoms with van der Waals surface area (Å²) >= 11 is 0. The Morgan fingerprint density at radius 2 is 2.00 bits per heavy atom. The van der Waals surface area contributed by atoms with Crippen LogP contribution in [0.2, 0.25) is 0 Å². The van der Waals surface area contributed by atoms with Gasteiger partial charge in [-0.05, 0) is 12.8 Å². The van der Waals surface area contributed by atoms with Crippen molar-refractivity contribution in [2.24, 2.45) is 11.5 Å². The lowest BCUT2D eigenvalue weighted by Crippen LogP contribution is -2.30. The Labute approximate surface area is 66.0 Å². The van der Waals surface area contributed by atoms with E-state index in [9.17, 15) is 4.79 Å². The molecule has 4 nitrogen and oxygen atoms in total. The van der Waals surface area contributed by atoms with E-state index in [1.165, 1.54) is 0 Å². The lowest BCUT2D eigenvalue weighted by Gasteiger charge is -2.00. The first kappa shape index (κ1) is 12.4. The van der Waals surface area contributed by atoms with Crippen molar-refractivity contribution in [1.82, 2.24) is 0 Å². The molecule has 0 saturated carbocycles. The zero-order valence-corrected chi connectivity index (χ0v) is 6.43. The topological polar surface area (TPSA) is 89.3 Å². The van der Waals surface area contributed by atoms with Gasteiger partial charge in [-0.3, -0.25) is 4.79 Å². The summed E-state index contributed by atoms with van der Waals surface area (Å²) in [7, 11) is 0. The van der Waals surface area contributed by atoms with E-state index in [1.807, 2.05) is 0 Å². The summed E-state index contributed by atoms with van der Waals surface area (Å²) in [5.74, 6) is -0.796. The lowest BCUT2D eigenvalue weighted by molar-refractivity contribution is -0.137. The summed E-state index contributed by atoms with van der Waals surface area (Å²) < 4.78 is 0. The molecule has 0 aliphatic heterocycles. The van der Waals surface area contributed by atoms with Gasteiger partial charge in [0.15, 0.2) is 0 Å². The van der Waals surface area contributed by atoms with Crippen LogP contribution in [0.4, 0.5) is 0 Å². The molecule has 0 aliphatic rings. The smallest absolute Gasteiger partial charge is 0.303 e. The first-order chi connectivity index (χ1) is 4.13. The average Bonchev–Trinajstić information content (AvgIpc) is 1.63. The molecule has 5 heteroatoms. The van der Waals surface area contributed by atoms with E-state index in [-0.39, 0.29) is 25.0 Å². The van der Waals surface area contributed by atoms with Crippen LogP contribution in [0.25, 0.3) is 0 Å². The minimum Gasteiger partial charge on any atom is -0.481 e. The van der Waals surface area contributed by atoms with Crippen molar-refractivity contribution in [2.45, 2.75) is 25.4 Å². The molecule has 0 aromatic carbocycles. The molecule has 0 amide bonds. The van der Waals surface area contributed by atoms with E-state index in [0.717, 1.165) is 0 Å². The quantitative estimate of drug-likeness (QED) is 0.512. The van der Waals surface area contributed by atoms with Crippen molar-refractivity contribution in [3.63, 3.8) is 0 Å². The van der Waals surface area contributed by atoms with Gasteiger partial charge < -0.3 is 16.6 Å². The first-order valence-electron chi connectivity index (χ1n) is 2.86. The zero-order valence-electron chi connectivity index (χ0n) is 5.62. The Balaban J connectivity index is 0. The fourth-order valence-electron chi connectivity index (χ4n) is 0.489. The van der Waals surface area contributed by atoms with Crippen LogP contribution < -0.4 is 11.5 Å². The summed E-state index contributed by atoms with van der Waals surface area (Å²) in [5, 5.41) is 8.14. The maximum Gasteiger partial charge on any atom is 0.303 e. The van der Waals surface area contributed by atoms with E-state index < -0.39 is 5.97 Å². The van der Waals surface area contributed by atoms with Gasteiger partial charge in [0.2, 0.25) is 0 Å². The molecule has 0 radical (unpaired) electrons. The average molecular weight is 169 g/mol. The molecule has 0 aliphatic carbocycles. The number of hydrogen-bond acceptors (Lipinski definition) is 3. The number of rotatable bonds is 4. The molecular weight excluding hydrogens is 156 g/mol. The number of carboxylic acids is 1. The van der Waals surface area contributed by atoms with Crippen molar-refractivity contribution in [3.8, 4) is 0 Å². The fraction of sp³-hybridized carbons (Fsp3) is 0.800. The van der Waals surface area contributed by atoms with Crippen molar-refractivity contribution in [1.29, 1.82) is 0 Å². The molecule has 0 unspecified atom stereocenters. The maximum absolute atomic E-state index is 9.90. The van der Waals surface area contributed by atoms with Gasteiger partial charge in [0.25, 0.3) is 0 Å². The van der Waals surface area contributed by atoms with Crippen LogP contribution in [0.3, 0.4) is 0 Å². The highest BCUT2D eigenvalue weighted by molar-refractivity contribution is 5.85. The number of hydrogen-bond donors (Lipinski definition) is 3. The first-order valence-corrected chi connectivity index (χ1v) is 2.86. The van der Waals surface area contributed by atoms with Gasteiger partial charge in [-0.1, -0.05) is 0 Å². The van der Waals surface area contributed by atoms with Crippen LogP contribution in [0.1, 0.15) is 19.3 Å². The Morgan fingerprint density at radius 3 is 2.30 bits per heavy atom. The summed E-state index contributed by atoms with van der Waals surface area (Å²) in [5.41, 5.74) is 10.3. The number of aliphatic carboxylic acids is 1. The standard InChI is InChI=1S/C5H12N2O2.ClH/c6-4(7)2-1-3-5(8)9;/h4H,1-3,6-7H2,(H,8,9);1H. The van der Waals surface area contributed by atoms with Crippen LogP contribution in [0.5, 0.6) is 0 Å². The highest BCUT2D eigenvalue weighted by atomic mass is 35.5. The molecular formula is C5H13ClN2O2. The van der Waals surface area contributed by atoms with Crippen LogP contribution in [0.15, 0.2) is 0 Å². The van der Waals surface area contributed by atoms with Crippen LogP contribution in [0, 0.1) is 0 Å². The van der Waals surface area contributed by atoms with Crippen molar-refractivity contribution < 1.29 is 9.90 Å².